The number of benzene rings is 3. The maximum absolute atomic E-state index is 16.0. The van der Waals surface area contributed by atoms with Gasteiger partial charge in [0.2, 0.25) is 0 Å². The summed E-state index contributed by atoms with van der Waals surface area (Å²) in [5.74, 6) is -4.28. The predicted octanol–water partition coefficient (Wildman–Crippen LogP) is 8.62. The molecular formula is C41H39F4N4O8PS. The molecule has 0 unspecified atom stereocenters. The molecule has 310 valence electrons. The van der Waals surface area contributed by atoms with E-state index in [9.17, 15) is 22.5 Å². The van der Waals surface area contributed by atoms with Crippen LogP contribution >= 0.6 is 19.6 Å². The van der Waals surface area contributed by atoms with E-state index < -0.39 is 66.1 Å². The number of allylic oxidation sites excluding steroid dienone is 2. The van der Waals surface area contributed by atoms with Crippen LogP contribution in [0, 0.1) is 34.6 Å². The van der Waals surface area contributed by atoms with E-state index in [1.807, 2.05) is 6.07 Å². The molecule has 1 fully saturated rings. The van der Waals surface area contributed by atoms with E-state index in [4.69, 9.17) is 33.0 Å². The van der Waals surface area contributed by atoms with Gasteiger partial charge in [0.15, 0.2) is 11.9 Å². The summed E-state index contributed by atoms with van der Waals surface area (Å²) in [6.45, 7) is 7.58. The number of ether oxygens (including phenoxy) is 3. The number of thioether (sulfide) groups is 1. The first kappa shape index (κ1) is 44.9. The Hall–Kier alpha value is -5.18. The maximum atomic E-state index is 16.0. The fourth-order valence-electron chi connectivity index (χ4n) is 5.78. The Balaban J connectivity index is 1.40. The summed E-state index contributed by atoms with van der Waals surface area (Å²) in [6, 6.07) is 12.0. The minimum Gasteiger partial charge on any atom is -0.447 e. The maximum Gasteiger partial charge on any atom is 0.475 e. The van der Waals surface area contributed by atoms with Gasteiger partial charge in [-0.1, -0.05) is 36.4 Å². The normalized spacial score (nSPS) is 17.4. The number of hydrogen-bond donors (Lipinski definition) is 0. The number of rotatable bonds is 20. The summed E-state index contributed by atoms with van der Waals surface area (Å²) in [6.07, 6.45) is 10.8. The van der Waals surface area contributed by atoms with Gasteiger partial charge in [0.1, 0.15) is 35.9 Å². The average Bonchev–Trinajstić information content (AvgIpc) is 3.74. The van der Waals surface area contributed by atoms with Crippen molar-refractivity contribution in [2.24, 2.45) is 0 Å². The Morgan fingerprint density at radius 3 is 2.37 bits per heavy atom. The highest BCUT2D eigenvalue weighted by molar-refractivity contribution is 8.00. The molecule has 2 atom stereocenters. The van der Waals surface area contributed by atoms with Crippen LogP contribution in [0.1, 0.15) is 39.5 Å². The first-order valence-corrected chi connectivity index (χ1v) is 20.3. The lowest BCUT2D eigenvalue weighted by molar-refractivity contribution is -0.146. The molecule has 59 heavy (non-hydrogen) atoms. The van der Waals surface area contributed by atoms with E-state index in [-0.39, 0.29) is 60.8 Å². The largest absolute Gasteiger partial charge is 0.475 e. The number of esters is 1. The third kappa shape index (κ3) is 12.2. The molecule has 0 bridgehead atoms. The van der Waals surface area contributed by atoms with Crippen molar-refractivity contribution < 1.29 is 54.7 Å². The van der Waals surface area contributed by atoms with Crippen LogP contribution in [0.25, 0.3) is 6.08 Å². The van der Waals surface area contributed by atoms with Gasteiger partial charge in [-0.15, -0.1) is 24.9 Å². The van der Waals surface area contributed by atoms with Gasteiger partial charge in [-0.3, -0.25) is 13.6 Å². The van der Waals surface area contributed by atoms with Gasteiger partial charge in [-0.2, -0.15) is 10.4 Å². The molecule has 0 spiro atoms. The highest BCUT2D eigenvalue weighted by atomic mass is 32.2. The average molecular weight is 855 g/mol. The molecule has 0 saturated carbocycles. The van der Waals surface area contributed by atoms with Crippen LogP contribution in [0.2, 0.25) is 0 Å². The number of phosphoric ester groups is 1. The van der Waals surface area contributed by atoms with Crippen molar-refractivity contribution in [3.05, 3.63) is 162 Å². The zero-order valence-electron chi connectivity index (χ0n) is 31.6. The number of carbonyl (C=O) groups is 1. The third-order valence-electron chi connectivity index (χ3n) is 8.62. The molecule has 4 aromatic rings. The molecule has 1 aliphatic heterocycles. The quantitative estimate of drug-likeness (QED) is 0.0276. The summed E-state index contributed by atoms with van der Waals surface area (Å²) in [5, 5.41) is 11.9. The van der Waals surface area contributed by atoms with Crippen LogP contribution in [0.15, 0.2) is 111 Å². The second-order valence-electron chi connectivity index (χ2n) is 12.7. The van der Waals surface area contributed by atoms with E-state index in [0.29, 0.717) is 6.07 Å². The predicted molar refractivity (Wildman–Crippen MR) is 210 cm³/mol. The number of phosphoric acid groups is 1. The number of carbonyl (C=O) groups excluding carboxylic acids is 1. The molecule has 12 nitrogen and oxygen atoms in total. The molecule has 1 saturated heterocycles. The van der Waals surface area contributed by atoms with Gasteiger partial charge in [-0.25, -0.2) is 36.6 Å². The van der Waals surface area contributed by atoms with Crippen molar-refractivity contribution in [2.75, 3.05) is 26.4 Å². The molecule has 0 N–H and O–H groups in total. The molecule has 0 aliphatic carbocycles. The zero-order chi connectivity index (χ0) is 42.4. The standard InChI is InChI=1S/C41H39F4N4O8PS/c1-4-16-54-58(51,55-17-5-2)56-22-31-19-32(42)12-14-35(31)40(50)57-41(25-49-27-47-26-48-49,36-15-13-33(43)20-38(36)45)28(3)59-34-23-52-39(53-24-34)9-7-6-8-30-11-10-29(21-46)18-37(30)44/h4-15,18-20,26-28,34,39H,1-2,16-17,22-25H2,3H3/b8-6+,9-7+/t28-,34?,39?,41-/m1/s1. The molecule has 2 heterocycles. The molecule has 3 aromatic carbocycles. The number of nitriles is 1. The lowest BCUT2D eigenvalue weighted by atomic mass is 9.89. The van der Waals surface area contributed by atoms with Gasteiger partial charge in [0.25, 0.3) is 0 Å². The first-order valence-electron chi connectivity index (χ1n) is 17.9. The molecular weight excluding hydrogens is 816 g/mol. The van der Waals surface area contributed by atoms with Crippen LogP contribution in [-0.4, -0.2) is 64.0 Å². The van der Waals surface area contributed by atoms with Crippen LogP contribution in [0.3, 0.4) is 0 Å². The Morgan fingerprint density at radius 2 is 1.73 bits per heavy atom. The van der Waals surface area contributed by atoms with Gasteiger partial charge in [0.05, 0.1) is 62.0 Å². The van der Waals surface area contributed by atoms with Gasteiger partial charge >= 0.3 is 13.8 Å². The van der Waals surface area contributed by atoms with Gasteiger partial charge in [-0.05, 0) is 61.0 Å². The molecule has 1 aliphatic rings. The Labute approximate surface area is 342 Å². The smallest absolute Gasteiger partial charge is 0.447 e. The molecule has 18 heteroatoms. The number of halogens is 4. The third-order valence-corrected chi connectivity index (χ3v) is 11.4. The number of nitrogens with zero attached hydrogens (tertiary/aromatic N) is 4. The first-order chi connectivity index (χ1) is 28.4. The Kier molecular flexibility index (Phi) is 16.1. The summed E-state index contributed by atoms with van der Waals surface area (Å²) < 4.78 is 108. The van der Waals surface area contributed by atoms with E-state index in [0.717, 1.165) is 36.4 Å². The molecule has 5 rings (SSSR count). The van der Waals surface area contributed by atoms with E-state index in [1.54, 1.807) is 25.2 Å². The summed E-state index contributed by atoms with van der Waals surface area (Å²) >= 11 is 1.24. The van der Waals surface area contributed by atoms with Crippen molar-refractivity contribution in [3.63, 3.8) is 0 Å². The second kappa shape index (κ2) is 21.2. The van der Waals surface area contributed by atoms with Gasteiger partial charge < -0.3 is 14.2 Å². The highest BCUT2D eigenvalue weighted by Crippen LogP contribution is 2.50. The fourth-order valence-corrected chi connectivity index (χ4v) is 8.23. The van der Waals surface area contributed by atoms with Crippen LogP contribution in [0.4, 0.5) is 17.6 Å². The van der Waals surface area contributed by atoms with Crippen molar-refractivity contribution in [2.45, 2.75) is 42.5 Å². The number of hydrogen-bond acceptors (Lipinski definition) is 12. The van der Waals surface area contributed by atoms with E-state index in [2.05, 4.69) is 23.2 Å². The highest BCUT2D eigenvalue weighted by Gasteiger charge is 2.47. The second-order valence-corrected chi connectivity index (χ2v) is 16.0. The molecule has 0 radical (unpaired) electrons. The van der Waals surface area contributed by atoms with Crippen LogP contribution < -0.4 is 0 Å². The van der Waals surface area contributed by atoms with Crippen molar-refractivity contribution in [1.82, 2.24) is 14.8 Å². The van der Waals surface area contributed by atoms with Crippen molar-refractivity contribution >= 4 is 31.6 Å². The summed E-state index contributed by atoms with van der Waals surface area (Å²) in [4.78, 5) is 18.3. The number of aromatic nitrogens is 3. The molecule has 0 amide bonds. The lowest BCUT2D eigenvalue weighted by Crippen LogP contribution is -2.47. The minimum absolute atomic E-state index is 0.112. The molecule has 1 aromatic heterocycles. The fraction of sp³-hybridized carbons (Fsp3) is 0.268. The van der Waals surface area contributed by atoms with Crippen molar-refractivity contribution in [3.8, 4) is 6.07 Å². The lowest BCUT2D eigenvalue weighted by Gasteiger charge is -2.40. The zero-order valence-corrected chi connectivity index (χ0v) is 33.3. The van der Waals surface area contributed by atoms with Crippen LogP contribution in [0.5, 0.6) is 0 Å². The summed E-state index contributed by atoms with van der Waals surface area (Å²) in [5.41, 5.74) is -2.00. The van der Waals surface area contributed by atoms with Gasteiger partial charge in [0, 0.05) is 22.4 Å². The minimum atomic E-state index is -4.27. The Bertz CT molecular complexity index is 2230. The monoisotopic (exact) mass is 854 g/mol. The van der Waals surface area contributed by atoms with Crippen LogP contribution in [-0.2, 0) is 51.1 Å². The van der Waals surface area contributed by atoms with Crippen molar-refractivity contribution in [1.29, 1.82) is 5.26 Å². The summed E-state index contributed by atoms with van der Waals surface area (Å²) in [7, 11) is -4.27. The van der Waals surface area contributed by atoms with E-state index in [1.165, 1.54) is 59.5 Å². The topological polar surface area (TPSA) is 144 Å². The van der Waals surface area contributed by atoms with E-state index >= 15 is 4.39 Å². The SMILES string of the molecule is C=CCOP(=O)(OCC=C)OCc1cc(F)ccc1C(=O)O[C@@](Cn1cncn1)(c1ccc(F)cc1F)[C@@H](C)SC1COC(/C=C/C=C/c2ccc(C#N)cc2F)OC1. The Morgan fingerprint density at radius 1 is 1.02 bits per heavy atom.